The third-order valence-corrected chi connectivity index (χ3v) is 4.17. The summed E-state index contributed by atoms with van der Waals surface area (Å²) >= 11 is 6.43. The summed E-state index contributed by atoms with van der Waals surface area (Å²) in [4.78, 5) is -0.427. The lowest BCUT2D eigenvalue weighted by atomic mass is 10.0. The largest absolute Gasteiger partial charge is 0.497 e. The van der Waals surface area contributed by atoms with E-state index < -0.39 is 16.5 Å². The van der Waals surface area contributed by atoms with Gasteiger partial charge in [0, 0.05) is 14.9 Å². The standard InChI is InChI=1S/C15H12Br2F2O/c1-20-11-4-2-9(3-5-11)6-12(17)15-13(18)7-10(16)8-14(15)19/h2-5,7-8,12H,6H2,1H3. The van der Waals surface area contributed by atoms with Crippen LogP contribution in [0.5, 0.6) is 5.75 Å². The maximum absolute atomic E-state index is 13.9. The Morgan fingerprint density at radius 3 is 2.15 bits per heavy atom. The molecule has 106 valence electrons. The zero-order chi connectivity index (χ0) is 14.7. The van der Waals surface area contributed by atoms with E-state index in [9.17, 15) is 8.78 Å². The molecule has 0 aliphatic rings. The van der Waals surface area contributed by atoms with Crippen LogP contribution in [0.4, 0.5) is 8.78 Å². The van der Waals surface area contributed by atoms with Gasteiger partial charge in [0.15, 0.2) is 0 Å². The van der Waals surface area contributed by atoms with Gasteiger partial charge in [0.05, 0.1) is 7.11 Å². The Labute approximate surface area is 133 Å². The first-order valence-corrected chi connectivity index (χ1v) is 7.63. The van der Waals surface area contributed by atoms with Crippen molar-refractivity contribution in [2.75, 3.05) is 7.11 Å². The maximum Gasteiger partial charge on any atom is 0.131 e. The van der Waals surface area contributed by atoms with Crippen LogP contribution in [0.2, 0.25) is 0 Å². The number of hydrogen-bond donors (Lipinski definition) is 0. The molecule has 0 radical (unpaired) electrons. The van der Waals surface area contributed by atoms with Crippen molar-refractivity contribution in [3.8, 4) is 5.75 Å². The summed E-state index contributed by atoms with van der Waals surface area (Å²) in [7, 11) is 1.59. The molecule has 0 N–H and O–H groups in total. The zero-order valence-electron chi connectivity index (χ0n) is 10.7. The fraction of sp³-hybridized carbons (Fsp3) is 0.200. The highest BCUT2D eigenvalue weighted by Crippen LogP contribution is 2.33. The van der Waals surface area contributed by atoms with Crippen LogP contribution < -0.4 is 4.74 Å². The minimum absolute atomic E-state index is 0.0454. The zero-order valence-corrected chi connectivity index (χ0v) is 13.8. The van der Waals surface area contributed by atoms with Crippen molar-refractivity contribution in [2.24, 2.45) is 0 Å². The first kappa shape index (κ1) is 15.4. The highest BCUT2D eigenvalue weighted by molar-refractivity contribution is 9.10. The van der Waals surface area contributed by atoms with Crippen molar-refractivity contribution in [3.63, 3.8) is 0 Å². The molecule has 0 aromatic heterocycles. The minimum Gasteiger partial charge on any atom is -0.497 e. The summed E-state index contributed by atoms with van der Waals surface area (Å²) in [6, 6.07) is 9.93. The molecule has 0 saturated carbocycles. The molecule has 0 aliphatic carbocycles. The van der Waals surface area contributed by atoms with E-state index in [4.69, 9.17) is 4.74 Å². The lowest BCUT2D eigenvalue weighted by Crippen LogP contribution is -2.02. The molecule has 2 aromatic rings. The molecule has 0 fully saturated rings. The molecule has 1 atom stereocenters. The predicted molar refractivity (Wildman–Crippen MR) is 82.4 cm³/mol. The Kier molecular flexibility index (Phi) is 5.16. The number of ether oxygens (including phenoxy) is 1. The molecule has 0 aliphatic heterocycles. The third-order valence-electron chi connectivity index (χ3n) is 2.93. The van der Waals surface area contributed by atoms with Gasteiger partial charge in [0.2, 0.25) is 0 Å². The van der Waals surface area contributed by atoms with E-state index in [-0.39, 0.29) is 5.56 Å². The second-order valence-corrected chi connectivity index (χ2v) is 6.32. The summed E-state index contributed by atoms with van der Waals surface area (Å²) in [6.07, 6.45) is 0.486. The number of hydrogen-bond acceptors (Lipinski definition) is 1. The maximum atomic E-state index is 13.9. The van der Waals surface area contributed by atoms with Crippen molar-refractivity contribution in [1.82, 2.24) is 0 Å². The van der Waals surface area contributed by atoms with Gasteiger partial charge in [-0.25, -0.2) is 8.78 Å². The molecule has 0 heterocycles. The van der Waals surface area contributed by atoms with Gasteiger partial charge < -0.3 is 4.74 Å². The van der Waals surface area contributed by atoms with E-state index in [1.54, 1.807) is 7.11 Å². The number of alkyl halides is 1. The molecule has 0 bridgehead atoms. The molecule has 1 unspecified atom stereocenters. The minimum atomic E-state index is -0.563. The van der Waals surface area contributed by atoms with Crippen molar-refractivity contribution in [1.29, 1.82) is 0 Å². The Morgan fingerprint density at radius 1 is 1.10 bits per heavy atom. The average molecular weight is 406 g/mol. The predicted octanol–water partition coefficient (Wildman–Crippen LogP) is 5.41. The molecule has 2 aromatic carbocycles. The molecule has 2 rings (SSSR count). The molecule has 0 amide bonds. The number of rotatable bonds is 4. The van der Waals surface area contributed by atoms with Crippen LogP contribution in [0.15, 0.2) is 40.9 Å². The van der Waals surface area contributed by atoms with Gasteiger partial charge in [-0.2, -0.15) is 0 Å². The van der Waals surface area contributed by atoms with Crippen molar-refractivity contribution < 1.29 is 13.5 Å². The first-order valence-electron chi connectivity index (χ1n) is 5.92. The Hall–Kier alpha value is -0.940. The smallest absolute Gasteiger partial charge is 0.131 e. The van der Waals surface area contributed by atoms with E-state index >= 15 is 0 Å². The van der Waals surface area contributed by atoms with Gasteiger partial charge in [0.25, 0.3) is 0 Å². The van der Waals surface area contributed by atoms with Crippen LogP contribution in [0.25, 0.3) is 0 Å². The first-order chi connectivity index (χ1) is 9.51. The van der Waals surface area contributed by atoms with Gasteiger partial charge in [0.1, 0.15) is 17.4 Å². The summed E-state index contributed by atoms with van der Waals surface area (Å²) in [5.74, 6) is -0.375. The molecule has 20 heavy (non-hydrogen) atoms. The van der Waals surface area contributed by atoms with E-state index in [2.05, 4.69) is 31.9 Å². The van der Waals surface area contributed by atoms with Gasteiger partial charge in [-0.1, -0.05) is 44.0 Å². The fourth-order valence-corrected chi connectivity index (χ4v) is 3.14. The number of benzene rings is 2. The summed E-state index contributed by atoms with van der Waals surface area (Å²) in [6.45, 7) is 0. The van der Waals surface area contributed by atoms with Crippen LogP contribution >= 0.6 is 31.9 Å². The molecule has 1 nitrogen and oxygen atoms in total. The van der Waals surface area contributed by atoms with E-state index in [0.717, 1.165) is 11.3 Å². The normalized spacial score (nSPS) is 12.2. The van der Waals surface area contributed by atoms with Crippen LogP contribution in [-0.4, -0.2) is 7.11 Å². The molecule has 0 spiro atoms. The second kappa shape index (κ2) is 6.68. The number of halogens is 4. The Balaban J connectivity index is 2.21. The van der Waals surface area contributed by atoms with E-state index in [0.29, 0.717) is 10.9 Å². The monoisotopic (exact) mass is 404 g/mol. The van der Waals surface area contributed by atoms with Gasteiger partial charge in [-0.05, 0) is 36.2 Å². The molecule has 5 heteroatoms. The van der Waals surface area contributed by atoms with Crippen molar-refractivity contribution >= 4 is 31.9 Å². The topological polar surface area (TPSA) is 9.23 Å². The second-order valence-electron chi connectivity index (χ2n) is 4.30. The van der Waals surface area contributed by atoms with Gasteiger partial charge in [-0.3, -0.25) is 0 Å². The summed E-state index contributed by atoms with van der Waals surface area (Å²) in [5.41, 5.74) is 1.01. The highest BCUT2D eigenvalue weighted by Gasteiger charge is 2.19. The lowest BCUT2D eigenvalue weighted by molar-refractivity contribution is 0.414. The summed E-state index contributed by atoms with van der Waals surface area (Å²) < 4.78 is 33.2. The third kappa shape index (κ3) is 3.58. The average Bonchev–Trinajstić information content (AvgIpc) is 2.38. The van der Waals surface area contributed by atoms with E-state index in [1.165, 1.54) is 12.1 Å². The SMILES string of the molecule is COc1ccc(CC(Br)c2c(F)cc(Br)cc2F)cc1. The van der Waals surface area contributed by atoms with Crippen LogP contribution in [0, 0.1) is 11.6 Å². The highest BCUT2D eigenvalue weighted by atomic mass is 79.9. The van der Waals surface area contributed by atoms with Gasteiger partial charge in [-0.15, -0.1) is 0 Å². The Bertz CT molecular complexity index is 576. The quantitative estimate of drug-likeness (QED) is 0.617. The molecular weight excluding hydrogens is 394 g/mol. The molecule has 0 saturated heterocycles. The Morgan fingerprint density at radius 2 is 1.65 bits per heavy atom. The van der Waals surface area contributed by atoms with Crippen molar-refractivity contribution in [2.45, 2.75) is 11.2 Å². The van der Waals surface area contributed by atoms with Crippen LogP contribution in [-0.2, 0) is 6.42 Å². The van der Waals surface area contributed by atoms with Crippen LogP contribution in [0.1, 0.15) is 16.0 Å². The van der Waals surface area contributed by atoms with Crippen molar-refractivity contribution in [3.05, 3.63) is 63.6 Å². The van der Waals surface area contributed by atoms with Gasteiger partial charge >= 0.3 is 0 Å². The lowest BCUT2D eigenvalue weighted by Gasteiger charge is -2.13. The fourth-order valence-electron chi connectivity index (χ4n) is 1.92. The van der Waals surface area contributed by atoms with Crippen LogP contribution in [0.3, 0.4) is 0 Å². The van der Waals surface area contributed by atoms with E-state index in [1.807, 2.05) is 24.3 Å². The summed E-state index contributed by atoms with van der Waals surface area (Å²) in [5, 5.41) is 0. The number of methoxy groups -OCH3 is 1. The molecular formula is C15H12Br2F2O.